The summed E-state index contributed by atoms with van der Waals surface area (Å²) in [6.45, 7) is 7.56. The molecular formula is C20H34IN5O2S. The van der Waals surface area contributed by atoms with Gasteiger partial charge < -0.3 is 10.6 Å². The highest BCUT2D eigenvalue weighted by Crippen LogP contribution is 2.14. The maximum absolute atomic E-state index is 11.9. The van der Waals surface area contributed by atoms with Crippen LogP contribution in [-0.4, -0.2) is 74.6 Å². The summed E-state index contributed by atoms with van der Waals surface area (Å²) in [4.78, 5) is 7.09. The van der Waals surface area contributed by atoms with E-state index >= 15 is 0 Å². The molecule has 3 rings (SSSR count). The number of likely N-dealkylation sites (tertiary alicyclic amines) is 1. The number of nitrogens with zero attached hydrogens (tertiary/aromatic N) is 3. The third-order valence-corrected chi connectivity index (χ3v) is 7.30. The van der Waals surface area contributed by atoms with Crippen molar-refractivity contribution < 1.29 is 8.42 Å². The Morgan fingerprint density at radius 1 is 1.17 bits per heavy atom. The number of halogens is 1. The minimum atomic E-state index is -3.04. The van der Waals surface area contributed by atoms with Gasteiger partial charge in [-0.2, -0.15) is 0 Å². The Balaban J connectivity index is 0.00000300. The van der Waals surface area contributed by atoms with Gasteiger partial charge in [0.25, 0.3) is 0 Å². The van der Waals surface area contributed by atoms with E-state index in [2.05, 4.69) is 50.9 Å². The number of guanidine groups is 1. The van der Waals surface area contributed by atoms with Gasteiger partial charge in [0.2, 0.25) is 10.0 Å². The van der Waals surface area contributed by atoms with Gasteiger partial charge in [-0.1, -0.05) is 30.3 Å². The molecule has 2 aliphatic heterocycles. The van der Waals surface area contributed by atoms with Crippen LogP contribution in [0.25, 0.3) is 0 Å². The number of piperidine rings is 1. The lowest BCUT2D eigenvalue weighted by atomic mass is 10.0. The van der Waals surface area contributed by atoms with Crippen LogP contribution in [0.2, 0.25) is 0 Å². The normalized spacial score (nSPS) is 20.9. The third-order valence-electron chi connectivity index (χ3n) is 5.34. The first-order valence-corrected chi connectivity index (χ1v) is 12.0. The molecule has 0 saturated carbocycles. The fraction of sp³-hybridized carbons (Fsp3) is 0.650. The van der Waals surface area contributed by atoms with Crippen molar-refractivity contribution in [3.63, 3.8) is 0 Å². The second-order valence-corrected chi connectivity index (χ2v) is 9.60. The lowest BCUT2D eigenvalue weighted by Crippen LogP contribution is -2.48. The van der Waals surface area contributed by atoms with E-state index in [9.17, 15) is 8.42 Å². The van der Waals surface area contributed by atoms with Gasteiger partial charge in [-0.25, -0.2) is 12.7 Å². The average Bonchev–Trinajstić information content (AvgIpc) is 3.02. The van der Waals surface area contributed by atoms with Crippen LogP contribution < -0.4 is 10.6 Å². The third kappa shape index (κ3) is 7.69. The van der Waals surface area contributed by atoms with Gasteiger partial charge >= 0.3 is 0 Å². The predicted octanol–water partition coefficient (Wildman–Crippen LogP) is 1.86. The highest BCUT2D eigenvalue weighted by Gasteiger charge is 2.27. The average molecular weight is 535 g/mol. The Labute approximate surface area is 192 Å². The molecule has 0 spiro atoms. The summed E-state index contributed by atoms with van der Waals surface area (Å²) >= 11 is 0. The monoisotopic (exact) mass is 535 g/mol. The van der Waals surface area contributed by atoms with E-state index in [-0.39, 0.29) is 29.7 Å². The number of benzene rings is 1. The molecule has 0 unspecified atom stereocenters. The fourth-order valence-corrected chi connectivity index (χ4v) is 5.33. The molecule has 0 aliphatic carbocycles. The molecule has 164 valence electrons. The molecule has 0 radical (unpaired) electrons. The molecule has 2 fully saturated rings. The van der Waals surface area contributed by atoms with Gasteiger partial charge in [0, 0.05) is 45.3 Å². The molecule has 0 aromatic heterocycles. The van der Waals surface area contributed by atoms with Crippen molar-refractivity contribution in [2.24, 2.45) is 4.99 Å². The number of sulfonamides is 1. The quantitative estimate of drug-likeness (QED) is 0.317. The number of hydrogen-bond acceptors (Lipinski definition) is 4. The standard InChI is InChI=1S/C20H33N5O2S.HI/c1-2-21-20(22-11-15-25-12-6-16-28(25,26)27)23-19-9-13-24(14-10-19)17-18-7-4-3-5-8-18;/h3-5,7-8,19H,2,6,9-17H2,1H3,(H2,21,22,23);1H. The topological polar surface area (TPSA) is 77.0 Å². The summed E-state index contributed by atoms with van der Waals surface area (Å²) in [5.74, 6) is 1.07. The van der Waals surface area contributed by atoms with E-state index in [0.29, 0.717) is 25.7 Å². The van der Waals surface area contributed by atoms with Crippen LogP contribution in [0.4, 0.5) is 0 Å². The van der Waals surface area contributed by atoms with E-state index in [0.717, 1.165) is 51.4 Å². The Morgan fingerprint density at radius 2 is 1.90 bits per heavy atom. The molecule has 2 aliphatic rings. The molecule has 0 bridgehead atoms. The zero-order valence-electron chi connectivity index (χ0n) is 17.2. The molecule has 9 heteroatoms. The minimum absolute atomic E-state index is 0. The van der Waals surface area contributed by atoms with Gasteiger partial charge in [0.05, 0.1) is 12.3 Å². The van der Waals surface area contributed by atoms with Crippen LogP contribution in [0.3, 0.4) is 0 Å². The second kappa shape index (κ2) is 12.1. The summed E-state index contributed by atoms with van der Waals surface area (Å²) in [5.41, 5.74) is 1.36. The maximum Gasteiger partial charge on any atom is 0.214 e. The van der Waals surface area contributed by atoms with Gasteiger partial charge in [0.1, 0.15) is 0 Å². The Hall–Kier alpha value is -0.910. The molecular weight excluding hydrogens is 501 g/mol. The van der Waals surface area contributed by atoms with Gasteiger partial charge in [-0.3, -0.25) is 9.89 Å². The number of rotatable bonds is 7. The first-order chi connectivity index (χ1) is 13.6. The van der Waals surface area contributed by atoms with Crippen LogP contribution in [0, 0.1) is 0 Å². The number of nitrogens with one attached hydrogen (secondary N) is 2. The van der Waals surface area contributed by atoms with Crippen molar-refractivity contribution >= 4 is 40.0 Å². The van der Waals surface area contributed by atoms with E-state index in [1.54, 1.807) is 4.31 Å². The zero-order chi connectivity index (χ0) is 19.8. The number of aliphatic imine (C=N–C) groups is 1. The Bertz CT molecular complexity index is 736. The summed E-state index contributed by atoms with van der Waals surface area (Å²) in [6.07, 6.45) is 2.89. The molecule has 2 saturated heterocycles. The summed E-state index contributed by atoms with van der Waals surface area (Å²) < 4.78 is 25.3. The van der Waals surface area contributed by atoms with Crippen molar-refractivity contribution in [3.05, 3.63) is 35.9 Å². The van der Waals surface area contributed by atoms with Crippen LogP contribution in [0.1, 0.15) is 31.7 Å². The highest BCUT2D eigenvalue weighted by atomic mass is 127. The van der Waals surface area contributed by atoms with Crippen molar-refractivity contribution in [3.8, 4) is 0 Å². The molecule has 2 heterocycles. The first-order valence-electron chi connectivity index (χ1n) is 10.4. The summed E-state index contributed by atoms with van der Waals surface area (Å²) in [5, 5.41) is 6.82. The SMILES string of the molecule is CCNC(=NCCN1CCCS1(=O)=O)NC1CCN(Cc2ccccc2)CC1.I. The van der Waals surface area contributed by atoms with Crippen molar-refractivity contribution in [2.45, 2.75) is 38.8 Å². The Morgan fingerprint density at radius 3 is 2.52 bits per heavy atom. The molecule has 0 atom stereocenters. The predicted molar refractivity (Wildman–Crippen MR) is 129 cm³/mol. The molecule has 7 nitrogen and oxygen atoms in total. The van der Waals surface area contributed by atoms with E-state index in [1.165, 1.54) is 5.56 Å². The van der Waals surface area contributed by atoms with Gasteiger partial charge in [-0.05, 0) is 31.7 Å². The van der Waals surface area contributed by atoms with Crippen LogP contribution in [0.15, 0.2) is 35.3 Å². The largest absolute Gasteiger partial charge is 0.357 e. The molecule has 1 aromatic carbocycles. The second-order valence-electron chi connectivity index (χ2n) is 7.51. The highest BCUT2D eigenvalue weighted by molar-refractivity contribution is 14.0. The van der Waals surface area contributed by atoms with Crippen molar-refractivity contribution in [2.75, 3.05) is 45.0 Å². The van der Waals surface area contributed by atoms with E-state index < -0.39 is 10.0 Å². The minimum Gasteiger partial charge on any atom is -0.357 e. The molecule has 0 amide bonds. The molecule has 29 heavy (non-hydrogen) atoms. The first kappa shape index (κ1) is 24.4. The maximum atomic E-state index is 11.9. The lowest BCUT2D eigenvalue weighted by molar-refractivity contribution is 0.198. The zero-order valence-corrected chi connectivity index (χ0v) is 20.4. The lowest BCUT2D eigenvalue weighted by Gasteiger charge is -2.33. The van der Waals surface area contributed by atoms with Crippen molar-refractivity contribution in [1.82, 2.24) is 19.8 Å². The molecule has 1 aromatic rings. The van der Waals surface area contributed by atoms with Gasteiger partial charge in [-0.15, -0.1) is 24.0 Å². The van der Waals surface area contributed by atoms with Crippen LogP contribution in [0.5, 0.6) is 0 Å². The number of hydrogen-bond donors (Lipinski definition) is 2. The van der Waals surface area contributed by atoms with E-state index in [1.807, 2.05) is 6.92 Å². The summed E-state index contributed by atoms with van der Waals surface area (Å²) in [7, 11) is -3.04. The van der Waals surface area contributed by atoms with Gasteiger partial charge in [0.15, 0.2) is 5.96 Å². The van der Waals surface area contributed by atoms with Crippen molar-refractivity contribution in [1.29, 1.82) is 0 Å². The fourth-order valence-electron chi connectivity index (χ4n) is 3.81. The van der Waals surface area contributed by atoms with E-state index in [4.69, 9.17) is 0 Å². The van der Waals surface area contributed by atoms with Crippen LogP contribution in [-0.2, 0) is 16.6 Å². The molecule has 2 N–H and O–H groups in total. The summed E-state index contributed by atoms with van der Waals surface area (Å²) in [6, 6.07) is 11.0. The smallest absolute Gasteiger partial charge is 0.214 e. The Kier molecular flexibility index (Phi) is 10.1. The van der Waals surface area contributed by atoms with Crippen LogP contribution >= 0.6 is 24.0 Å².